The highest BCUT2D eigenvalue weighted by molar-refractivity contribution is 7.90. The number of hydrogen-bond acceptors (Lipinski definition) is 6. The van der Waals surface area contributed by atoms with Gasteiger partial charge < -0.3 is 21.9 Å². The summed E-state index contributed by atoms with van der Waals surface area (Å²) in [5.74, 6) is -1.66. The lowest BCUT2D eigenvalue weighted by Gasteiger charge is -2.10. The first-order valence-electron chi connectivity index (χ1n) is 5.47. The van der Waals surface area contributed by atoms with Crippen LogP contribution in [0.3, 0.4) is 0 Å². The first kappa shape index (κ1) is 15.9. The van der Waals surface area contributed by atoms with Gasteiger partial charge in [0.1, 0.15) is 6.10 Å². The molecule has 0 aliphatic carbocycles. The van der Waals surface area contributed by atoms with Crippen molar-refractivity contribution in [2.45, 2.75) is 11.0 Å². The summed E-state index contributed by atoms with van der Waals surface area (Å²) in [5, 5.41) is 11.4. The van der Waals surface area contributed by atoms with Crippen molar-refractivity contribution in [3.63, 3.8) is 0 Å². The number of aliphatic hydroxyl groups is 1. The van der Waals surface area contributed by atoms with Crippen LogP contribution in [0.4, 0.5) is 5.69 Å². The van der Waals surface area contributed by atoms with E-state index in [1.54, 1.807) is 0 Å². The van der Waals surface area contributed by atoms with Gasteiger partial charge in [-0.25, -0.2) is 8.42 Å². The highest BCUT2D eigenvalue weighted by Gasteiger charge is 2.16. The number of sulfone groups is 1. The summed E-state index contributed by atoms with van der Waals surface area (Å²) in [4.78, 5) is 22.3. The Morgan fingerprint density at radius 2 is 1.95 bits per heavy atom. The largest absolute Gasteiger partial charge is 0.399 e. The number of nitrogens with two attached hydrogens (primary N) is 2. The van der Waals surface area contributed by atoms with Gasteiger partial charge in [0.15, 0.2) is 9.84 Å². The molecular formula is C11H15N3O5S. The molecule has 2 amide bonds. The Hall–Kier alpha value is -2.13. The molecule has 0 spiro atoms. The van der Waals surface area contributed by atoms with E-state index in [4.69, 9.17) is 16.6 Å². The van der Waals surface area contributed by atoms with E-state index < -0.39 is 27.8 Å². The Morgan fingerprint density at radius 1 is 1.35 bits per heavy atom. The molecule has 6 N–H and O–H groups in total. The monoisotopic (exact) mass is 301 g/mol. The van der Waals surface area contributed by atoms with Crippen LogP contribution >= 0.6 is 0 Å². The van der Waals surface area contributed by atoms with Crippen molar-refractivity contribution in [2.75, 3.05) is 18.5 Å². The van der Waals surface area contributed by atoms with Crippen molar-refractivity contribution in [1.29, 1.82) is 0 Å². The van der Waals surface area contributed by atoms with E-state index >= 15 is 0 Å². The molecule has 0 aliphatic heterocycles. The second-order valence-electron chi connectivity index (χ2n) is 4.19. The number of nitrogen functional groups attached to an aromatic ring is 1. The Bertz CT molecular complexity index is 641. The van der Waals surface area contributed by atoms with Crippen LogP contribution in [-0.2, 0) is 14.6 Å². The summed E-state index contributed by atoms with van der Waals surface area (Å²) < 4.78 is 22.9. The smallest absolute Gasteiger partial charge is 0.251 e. The zero-order valence-corrected chi connectivity index (χ0v) is 11.5. The lowest BCUT2D eigenvalue weighted by Crippen LogP contribution is -2.40. The number of carbonyl (C=O) groups is 2. The SMILES string of the molecule is CS(=O)(=O)c1cc(N)cc(C(=O)NCC(O)C(N)=O)c1. The van der Waals surface area contributed by atoms with Crippen LogP contribution in [-0.4, -0.2) is 44.2 Å². The minimum absolute atomic E-state index is 0.00194. The molecule has 110 valence electrons. The molecule has 0 fully saturated rings. The van der Waals surface area contributed by atoms with E-state index in [2.05, 4.69) is 5.32 Å². The van der Waals surface area contributed by atoms with Gasteiger partial charge in [0.05, 0.1) is 11.4 Å². The molecule has 0 saturated heterocycles. The third-order valence-electron chi connectivity index (χ3n) is 2.40. The maximum absolute atomic E-state index is 11.8. The normalized spacial score (nSPS) is 12.7. The van der Waals surface area contributed by atoms with Gasteiger partial charge in [0.2, 0.25) is 5.91 Å². The van der Waals surface area contributed by atoms with E-state index in [-0.39, 0.29) is 22.7 Å². The highest BCUT2D eigenvalue weighted by Crippen LogP contribution is 2.16. The second kappa shape index (κ2) is 5.88. The first-order chi connectivity index (χ1) is 9.11. The van der Waals surface area contributed by atoms with Crippen LogP contribution in [0.1, 0.15) is 10.4 Å². The number of nitrogens with one attached hydrogen (secondary N) is 1. The Labute approximate surface area is 115 Å². The maximum atomic E-state index is 11.8. The van der Waals surface area contributed by atoms with Gasteiger partial charge in [-0.3, -0.25) is 9.59 Å². The summed E-state index contributed by atoms with van der Waals surface area (Å²) in [6.07, 6.45) is -0.533. The predicted molar refractivity (Wildman–Crippen MR) is 71.5 cm³/mol. The zero-order valence-electron chi connectivity index (χ0n) is 10.7. The summed E-state index contributed by atoms with van der Waals surface area (Å²) in [6.45, 7) is -0.378. The molecule has 0 heterocycles. The van der Waals surface area contributed by atoms with E-state index in [1.165, 1.54) is 12.1 Å². The van der Waals surface area contributed by atoms with Crippen molar-refractivity contribution in [3.8, 4) is 0 Å². The number of rotatable bonds is 5. The topological polar surface area (TPSA) is 153 Å². The molecule has 9 heteroatoms. The average molecular weight is 301 g/mol. The molecule has 1 aromatic carbocycles. The fourth-order valence-corrected chi connectivity index (χ4v) is 2.05. The fourth-order valence-electron chi connectivity index (χ4n) is 1.36. The van der Waals surface area contributed by atoms with E-state index in [9.17, 15) is 18.0 Å². The van der Waals surface area contributed by atoms with Crippen LogP contribution in [0, 0.1) is 0 Å². The van der Waals surface area contributed by atoms with E-state index in [1.807, 2.05) is 0 Å². The number of aliphatic hydroxyl groups excluding tert-OH is 1. The van der Waals surface area contributed by atoms with Crippen LogP contribution < -0.4 is 16.8 Å². The Balaban J connectivity index is 2.94. The molecule has 0 aliphatic rings. The number of amides is 2. The summed E-state index contributed by atoms with van der Waals surface area (Å²) in [6, 6.07) is 3.66. The molecule has 20 heavy (non-hydrogen) atoms. The Morgan fingerprint density at radius 3 is 2.45 bits per heavy atom. The minimum atomic E-state index is -3.51. The molecule has 8 nitrogen and oxygen atoms in total. The van der Waals surface area contributed by atoms with Crippen molar-refractivity contribution >= 4 is 27.3 Å². The standard InChI is InChI=1S/C11H15N3O5S/c1-20(18,19)8-3-6(2-7(12)4-8)11(17)14-5-9(15)10(13)16/h2-4,9,15H,5,12H2,1H3,(H2,13,16)(H,14,17). The fraction of sp³-hybridized carbons (Fsp3) is 0.273. The number of anilines is 1. The van der Waals surface area contributed by atoms with Crippen LogP contribution in [0.25, 0.3) is 0 Å². The quantitative estimate of drug-likeness (QED) is 0.473. The lowest BCUT2D eigenvalue weighted by atomic mass is 10.2. The van der Waals surface area contributed by atoms with E-state index in [0.29, 0.717) is 0 Å². The third kappa shape index (κ3) is 4.21. The predicted octanol–water partition coefficient (Wildman–Crippen LogP) is -1.75. The molecule has 1 unspecified atom stereocenters. The Kier molecular flexibility index (Phi) is 4.69. The number of hydrogen-bond donors (Lipinski definition) is 4. The molecule has 0 bridgehead atoms. The van der Waals surface area contributed by atoms with Gasteiger partial charge in [-0.1, -0.05) is 0 Å². The second-order valence-corrected chi connectivity index (χ2v) is 6.21. The highest BCUT2D eigenvalue weighted by atomic mass is 32.2. The number of primary amides is 1. The zero-order chi connectivity index (χ0) is 15.5. The number of carbonyl (C=O) groups excluding carboxylic acids is 2. The summed E-state index contributed by atoms with van der Waals surface area (Å²) in [5.41, 5.74) is 10.5. The first-order valence-corrected chi connectivity index (χ1v) is 7.36. The van der Waals surface area contributed by atoms with Crippen molar-refractivity contribution in [1.82, 2.24) is 5.32 Å². The van der Waals surface area contributed by atoms with Crippen LogP contribution in [0.2, 0.25) is 0 Å². The molecular weight excluding hydrogens is 286 g/mol. The molecule has 0 radical (unpaired) electrons. The third-order valence-corrected chi connectivity index (χ3v) is 3.50. The van der Waals surface area contributed by atoms with Crippen molar-refractivity contribution in [2.24, 2.45) is 5.73 Å². The molecule has 0 aromatic heterocycles. The minimum Gasteiger partial charge on any atom is -0.399 e. The van der Waals surface area contributed by atoms with Gasteiger partial charge in [0.25, 0.3) is 5.91 Å². The number of benzene rings is 1. The van der Waals surface area contributed by atoms with Crippen molar-refractivity contribution < 1.29 is 23.1 Å². The molecule has 0 saturated carbocycles. The van der Waals surface area contributed by atoms with Gasteiger partial charge in [-0.05, 0) is 18.2 Å². The maximum Gasteiger partial charge on any atom is 0.251 e. The lowest BCUT2D eigenvalue weighted by molar-refractivity contribution is -0.125. The summed E-state index contributed by atoms with van der Waals surface area (Å²) in [7, 11) is -3.51. The molecule has 1 atom stereocenters. The average Bonchev–Trinajstić information content (AvgIpc) is 2.33. The van der Waals surface area contributed by atoms with Gasteiger partial charge in [-0.15, -0.1) is 0 Å². The van der Waals surface area contributed by atoms with Crippen LogP contribution in [0.5, 0.6) is 0 Å². The summed E-state index contributed by atoms with van der Waals surface area (Å²) >= 11 is 0. The van der Waals surface area contributed by atoms with Gasteiger partial charge in [-0.2, -0.15) is 0 Å². The van der Waals surface area contributed by atoms with E-state index in [0.717, 1.165) is 12.3 Å². The molecule has 1 aromatic rings. The molecule has 1 rings (SSSR count). The van der Waals surface area contributed by atoms with Gasteiger partial charge in [0, 0.05) is 17.5 Å². The van der Waals surface area contributed by atoms with Gasteiger partial charge >= 0.3 is 0 Å². The van der Waals surface area contributed by atoms with Crippen molar-refractivity contribution in [3.05, 3.63) is 23.8 Å². The van der Waals surface area contributed by atoms with Crippen LogP contribution in [0.15, 0.2) is 23.1 Å².